The van der Waals surface area contributed by atoms with Crippen molar-refractivity contribution in [2.45, 2.75) is 45.8 Å². The van der Waals surface area contributed by atoms with E-state index in [1.54, 1.807) is 0 Å². The van der Waals surface area contributed by atoms with Crippen LogP contribution in [-0.2, 0) is 4.74 Å². The van der Waals surface area contributed by atoms with Crippen LogP contribution in [0.1, 0.15) is 33.6 Å². The summed E-state index contributed by atoms with van der Waals surface area (Å²) >= 11 is 0. The Labute approximate surface area is 75.9 Å². The van der Waals surface area contributed by atoms with E-state index < -0.39 is 0 Å². The van der Waals surface area contributed by atoms with Crippen molar-refractivity contribution in [2.24, 2.45) is 0 Å². The molecule has 2 aliphatic rings. The first-order valence-electron chi connectivity index (χ1n) is 5.22. The Morgan fingerprint density at radius 3 is 2.83 bits per heavy atom. The zero-order valence-corrected chi connectivity index (χ0v) is 8.55. The zero-order chi connectivity index (χ0) is 8.97. The van der Waals surface area contributed by atoms with Crippen LogP contribution in [0.25, 0.3) is 0 Å². The number of fused-ring (bicyclic) bond motifs is 1. The normalized spacial score (nSPS) is 35.2. The van der Waals surface area contributed by atoms with Crippen LogP contribution < -0.4 is 0 Å². The highest BCUT2D eigenvalue weighted by molar-refractivity contribution is 4.83. The summed E-state index contributed by atoms with van der Waals surface area (Å²) in [7, 11) is 0. The largest absolute Gasteiger partial charge is 0.376 e. The summed E-state index contributed by atoms with van der Waals surface area (Å²) in [5.74, 6) is 0. The highest BCUT2D eigenvalue weighted by atomic mass is 16.5. The molecule has 2 fully saturated rings. The van der Waals surface area contributed by atoms with Gasteiger partial charge < -0.3 is 4.74 Å². The topological polar surface area (TPSA) is 12.5 Å². The second-order valence-corrected chi connectivity index (χ2v) is 3.43. The van der Waals surface area contributed by atoms with E-state index in [9.17, 15) is 0 Å². The number of ether oxygens (including phenoxy) is 1. The quantitative estimate of drug-likeness (QED) is 0.552. The summed E-state index contributed by atoms with van der Waals surface area (Å²) in [5.41, 5.74) is 0. The second-order valence-electron chi connectivity index (χ2n) is 3.43. The second kappa shape index (κ2) is 4.83. The summed E-state index contributed by atoms with van der Waals surface area (Å²) in [6.45, 7) is 9.60. The van der Waals surface area contributed by atoms with Gasteiger partial charge in [0.05, 0.1) is 12.7 Å². The summed E-state index contributed by atoms with van der Waals surface area (Å²) in [6, 6.07) is 0.760. The molecule has 2 saturated heterocycles. The van der Waals surface area contributed by atoms with Gasteiger partial charge in [-0.3, -0.25) is 4.90 Å². The van der Waals surface area contributed by atoms with Gasteiger partial charge in [-0.25, -0.2) is 0 Å². The molecule has 0 N–H and O–H groups in total. The van der Waals surface area contributed by atoms with Gasteiger partial charge in [-0.15, -0.1) is 0 Å². The summed E-state index contributed by atoms with van der Waals surface area (Å²) in [4.78, 5) is 2.56. The van der Waals surface area contributed by atoms with E-state index in [0.717, 1.165) is 19.2 Å². The Morgan fingerprint density at radius 1 is 1.33 bits per heavy atom. The van der Waals surface area contributed by atoms with Gasteiger partial charge in [-0.2, -0.15) is 0 Å². The van der Waals surface area contributed by atoms with Crippen molar-refractivity contribution in [3.05, 3.63) is 0 Å². The average molecular weight is 171 g/mol. The molecule has 72 valence electrons. The van der Waals surface area contributed by atoms with Gasteiger partial charge in [0.15, 0.2) is 0 Å². The van der Waals surface area contributed by atoms with E-state index in [4.69, 9.17) is 4.74 Å². The van der Waals surface area contributed by atoms with Crippen LogP contribution in [0.4, 0.5) is 0 Å². The average Bonchev–Trinajstić information content (AvgIpc) is 2.54. The molecule has 0 radical (unpaired) electrons. The van der Waals surface area contributed by atoms with Gasteiger partial charge in [0.25, 0.3) is 0 Å². The van der Waals surface area contributed by atoms with Crippen molar-refractivity contribution < 1.29 is 4.74 Å². The molecule has 0 aliphatic carbocycles. The third-order valence-electron chi connectivity index (χ3n) is 2.56. The molecule has 2 rings (SSSR count). The molecule has 2 nitrogen and oxygen atoms in total. The molecule has 12 heavy (non-hydrogen) atoms. The van der Waals surface area contributed by atoms with E-state index in [2.05, 4.69) is 11.8 Å². The fourth-order valence-corrected chi connectivity index (χ4v) is 1.98. The highest BCUT2D eigenvalue weighted by Gasteiger charge is 2.29. The lowest BCUT2D eigenvalue weighted by atomic mass is 10.2. The Hall–Kier alpha value is -0.0800. The molecule has 2 heterocycles. The van der Waals surface area contributed by atoms with Crippen molar-refractivity contribution in [3.63, 3.8) is 0 Å². The van der Waals surface area contributed by atoms with Gasteiger partial charge in [-0.1, -0.05) is 13.8 Å². The maximum Gasteiger partial charge on any atom is 0.0674 e. The van der Waals surface area contributed by atoms with Crippen molar-refractivity contribution in [1.82, 2.24) is 4.90 Å². The lowest BCUT2D eigenvalue weighted by molar-refractivity contribution is -0.0389. The first kappa shape index (κ1) is 10.0. The van der Waals surface area contributed by atoms with Crippen molar-refractivity contribution >= 4 is 0 Å². The minimum Gasteiger partial charge on any atom is -0.376 e. The fourth-order valence-electron chi connectivity index (χ4n) is 1.98. The maximum atomic E-state index is 5.55. The van der Waals surface area contributed by atoms with Gasteiger partial charge in [0.2, 0.25) is 0 Å². The fraction of sp³-hybridized carbons (Fsp3) is 1.00. The molecular weight excluding hydrogens is 150 g/mol. The molecule has 0 saturated carbocycles. The predicted molar refractivity (Wildman–Crippen MR) is 51.4 cm³/mol. The Morgan fingerprint density at radius 2 is 2.08 bits per heavy atom. The van der Waals surface area contributed by atoms with Gasteiger partial charge >= 0.3 is 0 Å². The van der Waals surface area contributed by atoms with E-state index in [1.165, 1.54) is 19.4 Å². The van der Waals surface area contributed by atoms with Gasteiger partial charge in [-0.05, 0) is 26.3 Å². The number of hydrogen-bond acceptors (Lipinski definition) is 2. The predicted octanol–water partition coefficient (Wildman–Crippen LogP) is 1.90. The number of nitrogens with zero attached hydrogens (tertiary/aromatic N) is 1. The smallest absolute Gasteiger partial charge is 0.0674 e. The molecule has 0 spiro atoms. The first-order valence-corrected chi connectivity index (χ1v) is 5.22. The molecule has 2 heteroatoms. The lowest BCUT2D eigenvalue weighted by Crippen LogP contribution is -2.44. The Bertz CT molecular complexity index is 127. The van der Waals surface area contributed by atoms with Crippen molar-refractivity contribution in [2.75, 3.05) is 19.7 Å². The molecule has 0 aromatic carbocycles. The molecule has 0 amide bonds. The number of hydrogen-bond donors (Lipinski definition) is 0. The number of morpholine rings is 1. The maximum absolute atomic E-state index is 5.55. The summed E-state index contributed by atoms with van der Waals surface area (Å²) < 4.78 is 5.55. The van der Waals surface area contributed by atoms with E-state index in [-0.39, 0.29) is 0 Å². The van der Waals surface area contributed by atoms with Crippen LogP contribution in [-0.4, -0.2) is 36.7 Å². The standard InChI is InChI=1S/C8H15NO.C2H6/c1-7-5-9-4-2-3-8(9)6-10-7;1-2/h7-8H,2-6H2,1H3;1-2H3/t7?,8-;/m0./s1. The van der Waals surface area contributed by atoms with E-state index in [1.807, 2.05) is 13.8 Å². The lowest BCUT2D eigenvalue weighted by Gasteiger charge is -2.33. The molecule has 0 bridgehead atoms. The molecule has 0 aromatic heterocycles. The Kier molecular flexibility index (Phi) is 4.02. The summed E-state index contributed by atoms with van der Waals surface area (Å²) in [5, 5.41) is 0. The Balaban J connectivity index is 0.000000336. The van der Waals surface area contributed by atoms with Crippen molar-refractivity contribution in [3.8, 4) is 0 Å². The van der Waals surface area contributed by atoms with Crippen LogP contribution in [0.15, 0.2) is 0 Å². The molecule has 2 aliphatic heterocycles. The molecule has 0 aromatic rings. The molecule has 2 atom stereocenters. The van der Waals surface area contributed by atoms with E-state index in [0.29, 0.717) is 6.10 Å². The first-order chi connectivity index (χ1) is 5.86. The third-order valence-corrected chi connectivity index (χ3v) is 2.56. The third kappa shape index (κ3) is 2.20. The minimum absolute atomic E-state index is 0.467. The van der Waals surface area contributed by atoms with Crippen LogP contribution in [0.3, 0.4) is 0 Å². The van der Waals surface area contributed by atoms with Crippen LogP contribution in [0.5, 0.6) is 0 Å². The minimum atomic E-state index is 0.467. The SMILES string of the molecule is CC.CC1CN2CCC[C@H]2CO1. The van der Waals surface area contributed by atoms with Gasteiger partial charge in [0.1, 0.15) is 0 Å². The van der Waals surface area contributed by atoms with Crippen LogP contribution in [0.2, 0.25) is 0 Å². The highest BCUT2D eigenvalue weighted by Crippen LogP contribution is 2.21. The van der Waals surface area contributed by atoms with Crippen LogP contribution >= 0.6 is 0 Å². The van der Waals surface area contributed by atoms with Crippen molar-refractivity contribution in [1.29, 1.82) is 0 Å². The van der Waals surface area contributed by atoms with Gasteiger partial charge in [0, 0.05) is 12.6 Å². The van der Waals surface area contributed by atoms with E-state index >= 15 is 0 Å². The summed E-state index contributed by atoms with van der Waals surface area (Å²) in [6.07, 6.45) is 3.20. The monoisotopic (exact) mass is 171 g/mol. The molecular formula is C10H21NO. The number of rotatable bonds is 0. The zero-order valence-electron chi connectivity index (χ0n) is 8.55. The van der Waals surface area contributed by atoms with Crippen LogP contribution in [0, 0.1) is 0 Å². The molecule has 1 unspecified atom stereocenters.